The molecule has 0 aliphatic heterocycles. The van der Waals surface area contributed by atoms with Crippen molar-refractivity contribution in [1.82, 2.24) is 0 Å². The van der Waals surface area contributed by atoms with Crippen LogP contribution in [-0.2, 0) is 6.61 Å². The normalized spacial score (nSPS) is 11.1. The van der Waals surface area contributed by atoms with Gasteiger partial charge in [-0.05, 0) is 54.6 Å². The minimum Gasteiger partial charge on any atom is -0.486 e. The molecular weight excluding hydrogens is 430 g/mol. The highest BCUT2D eigenvalue weighted by Gasteiger charge is 2.07. The number of hydrogen-bond acceptors (Lipinski definition) is 3. The van der Waals surface area contributed by atoms with E-state index in [0.29, 0.717) is 42.9 Å². The quantitative estimate of drug-likeness (QED) is 0.296. The molecular formula is C20H12Cl4O3. The minimum absolute atomic E-state index is 0.210. The lowest BCUT2D eigenvalue weighted by atomic mass is 10.1. The van der Waals surface area contributed by atoms with Crippen LogP contribution in [0, 0.1) is 0 Å². The molecule has 0 spiro atoms. The van der Waals surface area contributed by atoms with Gasteiger partial charge in [-0.2, -0.15) is 0 Å². The van der Waals surface area contributed by atoms with Crippen molar-refractivity contribution >= 4 is 58.3 Å². The summed E-state index contributed by atoms with van der Waals surface area (Å²) in [6.07, 6.45) is 2.98. The first-order valence-corrected chi connectivity index (χ1v) is 9.27. The first-order chi connectivity index (χ1) is 12.9. The van der Waals surface area contributed by atoms with E-state index in [-0.39, 0.29) is 12.4 Å². The van der Waals surface area contributed by atoms with Gasteiger partial charge < -0.3 is 9.15 Å². The van der Waals surface area contributed by atoms with Crippen molar-refractivity contribution in [2.75, 3.05) is 0 Å². The van der Waals surface area contributed by atoms with E-state index in [1.807, 2.05) is 0 Å². The van der Waals surface area contributed by atoms with Crippen LogP contribution in [0.4, 0.5) is 0 Å². The van der Waals surface area contributed by atoms with Gasteiger partial charge in [0.2, 0.25) is 0 Å². The molecule has 138 valence electrons. The van der Waals surface area contributed by atoms with Crippen LogP contribution in [0.25, 0.3) is 6.08 Å². The van der Waals surface area contributed by atoms with Crippen LogP contribution in [0.5, 0.6) is 5.75 Å². The minimum atomic E-state index is -0.210. The van der Waals surface area contributed by atoms with E-state index in [0.717, 1.165) is 0 Å². The molecule has 0 fully saturated rings. The summed E-state index contributed by atoms with van der Waals surface area (Å²) in [4.78, 5) is 12.2. The summed E-state index contributed by atoms with van der Waals surface area (Å²) in [5.74, 6) is 1.49. The van der Waals surface area contributed by atoms with Gasteiger partial charge in [0.25, 0.3) is 0 Å². The first-order valence-electron chi connectivity index (χ1n) is 7.76. The smallest absolute Gasteiger partial charge is 0.186 e. The fraction of sp³-hybridized carbons (Fsp3) is 0.0500. The molecule has 3 aromatic rings. The van der Waals surface area contributed by atoms with E-state index in [4.69, 9.17) is 55.6 Å². The number of carbonyl (C=O) groups is 1. The second-order valence-corrected chi connectivity index (χ2v) is 7.12. The fourth-order valence-corrected chi connectivity index (χ4v) is 2.77. The van der Waals surface area contributed by atoms with E-state index < -0.39 is 0 Å². The topological polar surface area (TPSA) is 39.4 Å². The van der Waals surface area contributed by atoms with E-state index in [1.165, 1.54) is 12.1 Å². The zero-order valence-electron chi connectivity index (χ0n) is 13.7. The third-order valence-electron chi connectivity index (χ3n) is 3.56. The molecule has 0 saturated heterocycles. The molecule has 27 heavy (non-hydrogen) atoms. The SMILES string of the molecule is O=C(/C=C/c1ccc(COc2ccc(Cl)c(Cl)c2)o1)c1ccc(Cl)c(Cl)c1. The monoisotopic (exact) mass is 440 g/mol. The molecule has 1 aromatic heterocycles. The van der Waals surface area contributed by atoms with Gasteiger partial charge in [-0.15, -0.1) is 0 Å². The summed E-state index contributed by atoms with van der Waals surface area (Å²) in [5, 5.41) is 1.60. The van der Waals surface area contributed by atoms with Crippen molar-refractivity contribution in [2.24, 2.45) is 0 Å². The molecule has 0 amide bonds. The summed E-state index contributed by atoms with van der Waals surface area (Å²) >= 11 is 23.6. The Bertz CT molecular complexity index is 1010. The average molecular weight is 442 g/mol. The lowest BCUT2D eigenvalue weighted by molar-refractivity contribution is 0.104. The Hall–Kier alpha value is -1.91. The molecule has 3 rings (SSSR count). The van der Waals surface area contributed by atoms with Crippen LogP contribution in [-0.4, -0.2) is 5.78 Å². The number of benzene rings is 2. The third kappa shape index (κ3) is 5.30. The molecule has 0 saturated carbocycles. The molecule has 2 aromatic carbocycles. The number of ketones is 1. The number of halogens is 4. The fourth-order valence-electron chi connectivity index (χ4n) is 2.19. The highest BCUT2D eigenvalue weighted by atomic mass is 35.5. The van der Waals surface area contributed by atoms with Crippen LogP contribution in [0.3, 0.4) is 0 Å². The van der Waals surface area contributed by atoms with Gasteiger partial charge in [-0.1, -0.05) is 46.4 Å². The molecule has 0 radical (unpaired) electrons. The molecule has 1 heterocycles. The molecule has 0 atom stereocenters. The molecule has 3 nitrogen and oxygen atoms in total. The lowest BCUT2D eigenvalue weighted by Gasteiger charge is -2.05. The predicted molar refractivity (Wildman–Crippen MR) is 109 cm³/mol. The third-order valence-corrected chi connectivity index (χ3v) is 5.04. The Balaban J connectivity index is 1.61. The Labute approximate surface area is 176 Å². The van der Waals surface area contributed by atoms with Crippen molar-refractivity contribution < 1.29 is 13.9 Å². The molecule has 0 unspecified atom stereocenters. The maximum Gasteiger partial charge on any atom is 0.186 e. The second kappa shape index (κ2) is 8.85. The Morgan fingerprint density at radius 3 is 2.30 bits per heavy atom. The lowest BCUT2D eigenvalue weighted by Crippen LogP contribution is -1.94. The van der Waals surface area contributed by atoms with Crippen molar-refractivity contribution in [3.05, 3.63) is 91.8 Å². The van der Waals surface area contributed by atoms with Crippen molar-refractivity contribution in [2.45, 2.75) is 6.61 Å². The maximum atomic E-state index is 12.2. The van der Waals surface area contributed by atoms with Crippen molar-refractivity contribution in [1.29, 1.82) is 0 Å². The van der Waals surface area contributed by atoms with Gasteiger partial charge in [0.15, 0.2) is 5.78 Å². The van der Waals surface area contributed by atoms with Gasteiger partial charge in [0, 0.05) is 11.6 Å². The highest BCUT2D eigenvalue weighted by Crippen LogP contribution is 2.27. The first kappa shape index (κ1) is 19.8. The summed E-state index contributed by atoms with van der Waals surface area (Å²) in [6, 6.07) is 13.2. The van der Waals surface area contributed by atoms with Crippen LogP contribution < -0.4 is 4.74 Å². The summed E-state index contributed by atoms with van der Waals surface area (Å²) in [5.41, 5.74) is 0.440. The average Bonchev–Trinajstić information content (AvgIpc) is 3.11. The molecule has 0 aliphatic rings. The molecule has 0 bridgehead atoms. The summed E-state index contributed by atoms with van der Waals surface area (Å²) in [7, 11) is 0. The van der Waals surface area contributed by atoms with Gasteiger partial charge in [-0.3, -0.25) is 4.79 Å². The van der Waals surface area contributed by atoms with Gasteiger partial charge in [0.05, 0.1) is 20.1 Å². The Morgan fingerprint density at radius 1 is 0.889 bits per heavy atom. The van der Waals surface area contributed by atoms with Crippen LogP contribution in [0.1, 0.15) is 21.9 Å². The summed E-state index contributed by atoms with van der Waals surface area (Å²) in [6.45, 7) is 0.215. The Morgan fingerprint density at radius 2 is 1.59 bits per heavy atom. The van der Waals surface area contributed by atoms with Crippen LogP contribution >= 0.6 is 46.4 Å². The van der Waals surface area contributed by atoms with Gasteiger partial charge >= 0.3 is 0 Å². The number of hydrogen-bond donors (Lipinski definition) is 0. The maximum absolute atomic E-state index is 12.2. The molecule has 0 N–H and O–H groups in total. The number of rotatable bonds is 6. The standard InChI is InChI=1S/C20H12Cl4O3/c21-16-6-1-12(9-18(16)23)20(25)8-5-13-2-3-15(27-13)11-26-14-4-7-17(22)19(24)10-14/h1-10H,11H2/b8-5+. The largest absolute Gasteiger partial charge is 0.486 e. The van der Waals surface area contributed by atoms with Gasteiger partial charge in [-0.25, -0.2) is 0 Å². The zero-order valence-corrected chi connectivity index (χ0v) is 16.7. The van der Waals surface area contributed by atoms with Gasteiger partial charge in [0.1, 0.15) is 23.9 Å². The number of allylic oxidation sites excluding steroid dienone is 1. The van der Waals surface area contributed by atoms with Crippen molar-refractivity contribution in [3.63, 3.8) is 0 Å². The second-order valence-electron chi connectivity index (χ2n) is 5.50. The highest BCUT2D eigenvalue weighted by molar-refractivity contribution is 6.42. The molecule has 7 heteroatoms. The number of carbonyl (C=O) groups excluding carboxylic acids is 1. The zero-order chi connectivity index (χ0) is 19.4. The predicted octanol–water partition coefficient (Wildman–Crippen LogP) is 7.37. The van der Waals surface area contributed by atoms with Crippen LogP contribution in [0.2, 0.25) is 20.1 Å². The summed E-state index contributed by atoms with van der Waals surface area (Å²) < 4.78 is 11.2. The number of furan rings is 1. The van der Waals surface area contributed by atoms with E-state index >= 15 is 0 Å². The van der Waals surface area contributed by atoms with Crippen LogP contribution in [0.15, 0.2) is 59.0 Å². The van der Waals surface area contributed by atoms with E-state index in [2.05, 4.69) is 0 Å². The number of ether oxygens (including phenoxy) is 1. The van der Waals surface area contributed by atoms with Crippen molar-refractivity contribution in [3.8, 4) is 5.75 Å². The molecule has 0 aliphatic carbocycles. The van der Waals surface area contributed by atoms with E-state index in [9.17, 15) is 4.79 Å². The Kier molecular flexibility index (Phi) is 6.51. The van der Waals surface area contributed by atoms with E-state index in [1.54, 1.807) is 48.5 Å².